The number of hydrogen-bond acceptors (Lipinski definition) is 4. The molecule has 0 aliphatic rings. The van der Waals surface area contributed by atoms with Crippen LogP contribution in [0.3, 0.4) is 0 Å². The molecule has 0 aliphatic heterocycles. The van der Waals surface area contributed by atoms with E-state index in [0.717, 1.165) is 18.6 Å². The lowest BCUT2D eigenvalue weighted by Gasteiger charge is -2.11. The summed E-state index contributed by atoms with van der Waals surface area (Å²) < 4.78 is 24.5. The van der Waals surface area contributed by atoms with E-state index in [4.69, 9.17) is 14.6 Å². The summed E-state index contributed by atoms with van der Waals surface area (Å²) in [4.78, 5) is 14.8. The standard InChI is InChI=1S/C15H14FNO4/c1-2-8-20-13-4-3-7-17-14(13)21-10-5-6-11(15(18)19)12(16)9-10/h3-7,9H,2,8H2,1H3,(H,18,19). The van der Waals surface area contributed by atoms with Gasteiger partial charge in [0.25, 0.3) is 5.88 Å². The fourth-order valence-electron chi connectivity index (χ4n) is 1.62. The summed E-state index contributed by atoms with van der Waals surface area (Å²) in [5.41, 5.74) is -0.411. The van der Waals surface area contributed by atoms with Gasteiger partial charge in [-0.25, -0.2) is 14.2 Å². The second-order valence-electron chi connectivity index (χ2n) is 4.20. The predicted molar refractivity (Wildman–Crippen MR) is 73.5 cm³/mol. The summed E-state index contributed by atoms with van der Waals surface area (Å²) in [5.74, 6) is -1.40. The van der Waals surface area contributed by atoms with Crippen molar-refractivity contribution in [2.75, 3.05) is 6.61 Å². The van der Waals surface area contributed by atoms with Gasteiger partial charge in [0.1, 0.15) is 11.6 Å². The van der Waals surface area contributed by atoms with Crippen LogP contribution in [-0.2, 0) is 0 Å². The number of ether oxygens (including phenoxy) is 2. The van der Waals surface area contributed by atoms with Gasteiger partial charge in [0.15, 0.2) is 5.75 Å². The highest BCUT2D eigenvalue weighted by Gasteiger charge is 2.13. The monoisotopic (exact) mass is 291 g/mol. The average Bonchev–Trinajstić information content (AvgIpc) is 2.46. The first-order chi connectivity index (χ1) is 10.1. The Morgan fingerprint density at radius 3 is 2.86 bits per heavy atom. The number of carboxylic acids is 1. The molecular weight excluding hydrogens is 277 g/mol. The van der Waals surface area contributed by atoms with Gasteiger partial charge >= 0.3 is 5.97 Å². The lowest BCUT2D eigenvalue weighted by atomic mass is 10.2. The van der Waals surface area contributed by atoms with Crippen LogP contribution in [-0.4, -0.2) is 22.7 Å². The number of halogens is 1. The van der Waals surface area contributed by atoms with Crippen LogP contribution in [0, 0.1) is 5.82 Å². The molecule has 1 heterocycles. The molecule has 2 aromatic rings. The van der Waals surface area contributed by atoms with E-state index in [1.807, 2.05) is 6.92 Å². The van der Waals surface area contributed by atoms with Gasteiger partial charge in [-0.1, -0.05) is 6.92 Å². The molecule has 0 atom stereocenters. The Hall–Kier alpha value is -2.63. The minimum atomic E-state index is -1.33. The van der Waals surface area contributed by atoms with E-state index in [1.54, 1.807) is 12.1 Å². The summed E-state index contributed by atoms with van der Waals surface area (Å²) in [7, 11) is 0. The molecule has 0 bridgehead atoms. The maximum absolute atomic E-state index is 13.6. The van der Waals surface area contributed by atoms with Crippen molar-refractivity contribution in [2.24, 2.45) is 0 Å². The van der Waals surface area contributed by atoms with Gasteiger partial charge in [0, 0.05) is 12.3 Å². The molecule has 1 aromatic carbocycles. The zero-order valence-corrected chi connectivity index (χ0v) is 11.4. The van der Waals surface area contributed by atoms with Gasteiger partial charge in [-0.15, -0.1) is 0 Å². The summed E-state index contributed by atoms with van der Waals surface area (Å²) >= 11 is 0. The first-order valence-electron chi connectivity index (χ1n) is 6.40. The number of aromatic nitrogens is 1. The number of nitrogens with zero attached hydrogens (tertiary/aromatic N) is 1. The Bertz CT molecular complexity index is 645. The third-order valence-corrected chi connectivity index (χ3v) is 2.58. The number of carbonyl (C=O) groups is 1. The molecule has 6 heteroatoms. The molecule has 0 radical (unpaired) electrons. The minimum absolute atomic E-state index is 0.151. The third kappa shape index (κ3) is 3.68. The van der Waals surface area contributed by atoms with Crippen molar-refractivity contribution < 1.29 is 23.8 Å². The van der Waals surface area contributed by atoms with E-state index >= 15 is 0 Å². The smallest absolute Gasteiger partial charge is 0.338 e. The van der Waals surface area contributed by atoms with E-state index < -0.39 is 17.3 Å². The van der Waals surface area contributed by atoms with E-state index in [2.05, 4.69) is 4.98 Å². The molecule has 21 heavy (non-hydrogen) atoms. The number of aromatic carboxylic acids is 1. The zero-order valence-electron chi connectivity index (χ0n) is 11.4. The summed E-state index contributed by atoms with van der Waals surface area (Å²) in [5, 5.41) is 8.77. The Morgan fingerprint density at radius 2 is 2.19 bits per heavy atom. The van der Waals surface area contributed by atoms with Crippen molar-refractivity contribution in [3.05, 3.63) is 47.9 Å². The molecule has 0 saturated carbocycles. The van der Waals surface area contributed by atoms with Crippen molar-refractivity contribution in [1.29, 1.82) is 0 Å². The maximum Gasteiger partial charge on any atom is 0.338 e. The highest BCUT2D eigenvalue weighted by Crippen LogP contribution is 2.29. The Kier molecular flexibility index (Phi) is 4.71. The van der Waals surface area contributed by atoms with Crippen molar-refractivity contribution in [1.82, 2.24) is 4.98 Å². The summed E-state index contributed by atoms with van der Waals surface area (Å²) in [6.07, 6.45) is 2.35. The van der Waals surface area contributed by atoms with Crippen LogP contribution < -0.4 is 9.47 Å². The summed E-state index contributed by atoms with van der Waals surface area (Å²) in [6.45, 7) is 2.48. The third-order valence-electron chi connectivity index (χ3n) is 2.58. The number of pyridine rings is 1. The van der Waals surface area contributed by atoms with Crippen LogP contribution in [0.5, 0.6) is 17.4 Å². The first-order valence-corrected chi connectivity index (χ1v) is 6.40. The lowest BCUT2D eigenvalue weighted by Crippen LogP contribution is -2.01. The average molecular weight is 291 g/mol. The number of carboxylic acid groups (broad SMARTS) is 1. The molecule has 2 rings (SSSR count). The van der Waals surface area contributed by atoms with Crippen LogP contribution in [0.1, 0.15) is 23.7 Å². The largest absolute Gasteiger partial charge is 0.488 e. The highest BCUT2D eigenvalue weighted by molar-refractivity contribution is 5.88. The Labute approximate surface area is 121 Å². The second-order valence-corrected chi connectivity index (χ2v) is 4.20. The Morgan fingerprint density at radius 1 is 1.38 bits per heavy atom. The molecule has 0 spiro atoms. The topological polar surface area (TPSA) is 68.7 Å². The maximum atomic E-state index is 13.6. The molecule has 110 valence electrons. The van der Waals surface area contributed by atoms with E-state index in [-0.39, 0.29) is 11.6 Å². The van der Waals surface area contributed by atoms with Crippen molar-refractivity contribution in [3.63, 3.8) is 0 Å². The number of hydrogen-bond donors (Lipinski definition) is 1. The molecule has 0 unspecified atom stereocenters. The van der Waals surface area contributed by atoms with Gasteiger partial charge in [0.2, 0.25) is 0 Å². The van der Waals surface area contributed by atoms with Crippen LogP contribution in [0.2, 0.25) is 0 Å². The molecule has 0 saturated heterocycles. The minimum Gasteiger partial charge on any atom is -0.488 e. The van der Waals surface area contributed by atoms with Crippen molar-refractivity contribution in [3.8, 4) is 17.4 Å². The first kappa shape index (κ1) is 14.8. The molecule has 0 amide bonds. The zero-order chi connectivity index (χ0) is 15.2. The van der Waals surface area contributed by atoms with Crippen LogP contribution in [0.25, 0.3) is 0 Å². The second kappa shape index (κ2) is 6.69. The fourth-order valence-corrected chi connectivity index (χ4v) is 1.62. The molecule has 1 aromatic heterocycles. The van der Waals surface area contributed by atoms with E-state index in [9.17, 15) is 9.18 Å². The fraction of sp³-hybridized carbons (Fsp3) is 0.200. The lowest BCUT2D eigenvalue weighted by molar-refractivity contribution is 0.0692. The highest BCUT2D eigenvalue weighted by atomic mass is 19.1. The SMILES string of the molecule is CCCOc1cccnc1Oc1ccc(C(=O)O)c(F)c1. The molecule has 0 fully saturated rings. The van der Waals surface area contributed by atoms with Gasteiger partial charge in [0.05, 0.1) is 12.2 Å². The van der Waals surface area contributed by atoms with Gasteiger partial charge in [-0.2, -0.15) is 0 Å². The van der Waals surface area contributed by atoms with Crippen molar-refractivity contribution in [2.45, 2.75) is 13.3 Å². The quantitative estimate of drug-likeness (QED) is 0.882. The van der Waals surface area contributed by atoms with Crippen LogP contribution in [0.4, 0.5) is 4.39 Å². The molecule has 1 N–H and O–H groups in total. The van der Waals surface area contributed by atoms with Crippen molar-refractivity contribution >= 4 is 5.97 Å². The van der Waals surface area contributed by atoms with E-state index in [0.29, 0.717) is 12.4 Å². The van der Waals surface area contributed by atoms with Gasteiger partial charge in [-0.3, -0.25) is 0 Å². The van der Waals surface area contributed by atoms with E-state index in [1.165, 1.54) is 12.3 Å². The van der Waals surface area contributed by atoms with Gasteiger partial charge < -0.3 is 14.6 Å². The normalized spacial score (nSPS) is 10.2. The molecule has 5 nitrogen and oxygen atoms in total. The number of benzene rings is 1. The molecule has 0 aliphatic carbocycles. The number of rotatable bonds is 6. The van der Waals surface area contributed by atoms with Crippen LogP contribution >= 0.6 is 0 Å². The van der Waals surface area contributed by atoms with Gasteiger partial charge in [-0.05, 0) is 30.7 Å². The predicted octanol–water partition coefficient (Wildman–Crippen LogP) is 3.50. The summed E-state index contributed by atoms with van der Waals surface area (Å²) in [6, 6.07) is 6.90. The Balaban J connectivity index is 2.22. The molecular formula is C15H14FNO4. The van der Waals surface area contributed by atoms with Crippen LogP contribution in [0.15, 0.2) is 36.5 Å².